The van der Waals surface area contributed by atoms with E-state index in [1.165, 1.54) is 18.2 Å². The maximum atomic E-state index is 12.9. The Morgan fingerprint density at radius 2 is 1.91 bits per heavy atom. The van der Waals surface area contributed by atoms with Crippen LogP contribution in [-0.4, -0.2) is 53.2 Å². The molecule has 0 aliphatic carbocycles. The number of hydrogen-bond acceptors (Lipinski definition) is 7. The number of ether oxygens (including phenoxy) is 2. The molecule has 3 aromatic rings. The SMILES string of the molecule is COc1ccccc1-n1c(SCC(=O)NC2CCOc3ccccc32)nnc1N1CCCCC1. The van der Waals surface area contributed by atoms with Crippen molar-refractivity contribution in [2.24, 2.45) is 0 Å². The molecule has 1 fully saturated rings. The van der Waals surface area contributed by atoms with Crippen LogP contribution < -0.4 is 19.7 Å². The van der Waals surface area contributed by atoms with Gasteiger partial charge in [-0.2, -0.15) is 0 Å². The number of amides is 1. The number of aromatic nitrogens is 3. The van der Waals surface area contributed by atoms with E-state index in [0.717, 1.165) is 61.1 Å². The van der Waals surface area contributed by atoms with Crippen molar-refractivity contribution in [3.8, 4) is 17.2 Å². The first-order valence-electron chi connectivity index (χ1n) is 11.7. The molecule has 1 N–H and O–H groups in total. The van der Waals surface area contributed by atoms with E-state index in [1.54, 1.807) is 7.11 Å². The quantitative estimate of drug-likeness (QED) is 0.513. The Morgan fingerprint density at radius 1 is 1.12 bits per heavy atom. The van der Waals surface area contributed by atoms with Gasteiger partial charge in [-0.1, -0.05) is 42.1 Å². The Balaban J connectivity index is 1.36. The van der Waals surface area contributed by atoms with E-state index in [-0.39, 0.29) is 17.7 Å². The maximum Gasteiger partial charge on any atom is 0.232 e. The van der Waals surface area contributed by atoms with E-state index in [0.29, 0.717) is 11.8 Å². The number of para-hydroxylation sites is 3. The molecule has 1 saturated heterocycles. The van der Waals surface area contributed by atoms with Gasteiger partial charge in [-0.15, -0.1) is 10.2 Å². The molecule has 1 aromatic heterocycles. The van der Waals surface area contributed by atoms with E-state index in [1.807, 2.05) is 53.1 Å². The van der Waals surface area contributed by atoms with Gasteiger partial charge in [0.1, 0.15) is 11.5 Å². The van der Waals surface area contributed by atoms with Crippen LogP contribution in [0.15, 0.2) is 53.7 Å². The highest BCUT2D eigenvalue weighted by Gasteiger charge is 2.25. The van der Waals surface area contributed by atoms with Crippen molar-refractivity contribution in [1.82, 2.24) is 20.1 Å². The zero-order valence-electron chi connectivity index (χ0n) is 19.3. The number of benzene rings is 2. The second-order valence-electron chi connectivity index (χ2n) is 8.42. The first-order valence-corrected chi connectivity index (χ1v) is 12.7. The van der Waals surface area contributed by atoms with Crippen molar-refractivity contribution in [3.63, 3.8) is 0 Å². The number of piperidine rings is 1. The van der Waals surface area contributed by atoms with Crippen LogP contribution in [0.5, 0.6) is 11.5 Å². The van der Waals surface area contributed by atoms with E-state index in [2.05, 4.69) is 20.4 Å². The van der Waals surface area contributed by atoms with Gasteiger partial charge in [0.25, 0.3) is 0 Å². The molecule has 2 aromatic carbocycles. The van der Waals surface area contributed by atoms with Crippen molar-refractivity contribution in [3.05, 3.63) is 54.1 Å². The van der Waals surface area contributed by atoms with Gasteiger partial charge < -0.3 is 19.7 Å². The Bertz CT molecular complexity index is 1150. The van der Waals surface area contributed by atoms with Gasteiger partial charge in [0.2, 0.25) is 11.9 Å². The van der Waals surface area contributed by atoms with Crippen molar-refractivity contribution < 1.29 is 14.3 Å². The predicted molar refractivity (Wildman–Crippen MR) is 132 cm³/mol. The number of methoxy groups -OCH3 is 1. The van der Waals surface area contributed by atoms with E-state index in [4.69, 9.17) is 9.47 Å². The summed E-state index contributed by atoms with van der Waals surface area (Å²) in [6.07, 6.45) is 4.26. The lowest BCUT2D eigenvalue weighted by Gasteiger charge is -2.28. The molecule has 0 bridgehead atoms. The summed E-state index contributed by atoms with van der Waals surface area (Å²) in [6.45, 7) is 2.49. The lowest BCUT2D eigenvalue weighted by atomic mass is 10.0. The number of rotatable bonds is 7. The predicted octanol–water partition coefficient (Wildman–Crippen LogP) is 4.00. The molecular weight excluding hydrogens is 450 g/mol. The van der Waals surface area contributed by atoms with Crippen LogP contribution in [0.25, 0.3) is 5.69 Å². The number of nitrogens with zero attached hydrogens (tertiary/aromatic N) is 4. The third-order valence-corrected chi connectivity index (χ3v) is 7.14. The van der Waals surface area contributed by atoms with Gasteiger partial charge in [0.15, 0.2) is 5.16 Å². The first kappa shape index (κ1) is 22.6. The van der Waals surface area contributed by atoms with Crippen molar-refractivity contribution >= 4 is 23.6 Å². The average Bonchev–Trinajstić information content (AvgIpc) is 3.32. The molecular formula is C25H29N5O3S. The molecule has 2 aliphatic rings. The average molecular weight is 480 g/mol. The lowest BCUT2D eigenvalue weighted by Crippen LogP contribution is -2.33. The number of fused-ring (bicyclic) bond motifs is 1. The molecule has 1 amide bonds. The summed E-state index contributed by atoms with van der Waals surface area (Å²) in [7, 11) is 1.66. The molecule has 9 heteroatoms. The number of hydrogen-bond donors (Lipinski definition) is 1. The molecule has 2 aliphatic heterocycles. The number of thioether (sulfide) groups is 1. The molecule has 1 atom stereocenters. The van der Waals surface area contributed by atoms with Crippen molar-refractivity contribution in [2.75, 3.05) is 37.5 Å². The minimum Gasteiger partial charge on any atom is -0.495 e. The number of anilines is 1. The zero-order chi connectivity index (χ0) is 23.3. The molecule has 0 saturated carbocycles. The summed E-state index contributed by atoms with van der Waals surface area (Å²) in [5, 5.41) is 12.8. The summed E-state index contributed by atoms with van der Waals surface area (Å²) in [5.41, 5.74) is 1.90. The van der Waals surface area contributed by atoms with Crippen LogP contribution in [0.1, 0.15) is 37.3 Å². The van der Waals surface area contributed by atoms with Crippen LogP contribution in [0.2, 0.25) is 0 Å². The van der Waals surface area contributed by atoms with Crippen LogP contribution in [-0.2, 0) is 4.79 Å². The highest BCUT2D eigenvalue weighted by atomic mass is 32.2. The number of carbonyl (C=O) groups is 1. The van der Waals surface area contributed by atoms with Gasteiger partial charge >= 0.3 is 0 Å². The Morgan fingerprint density at radius 3 is 2.76 bits per heavy atom. The van der Waals surface area contributed by atoms with Crippen LogP contribution in [0, 0.1) is 0 Å². The van der Waals surface area contributed by atoms with Crippen molar-refractivity contribution in [2.45, 2.75) is 36.9 Å². The van der Waals surface area contributed by atoms with Crippen LogP contribution in [0.3, 0.4) is 0 Å². The van der Waals surface area contributed by atoms with Crippen molar-refractivity contribution in [1.29, 1.82) is 0 Å². The summed E-state index contributed by atoms with van der Waals surface area (Å²) >= 11 is 1.39. The highest BCUT2D eigenvalue weighted by Crippen LogP contribution is 2.34. The van der Waals surface area contributed by atoms with Gasteiger partial charge in [-0.25, -0.2) is 0 Å². The second-order valence-corrected chi connectivity index (χ2v) is 9.36. The van der Waals surface area contributed by atoms with Crippen LogP contribution in [0.4, 0.5) is 5.95 Å². The van der Waals surface area contributed by atoms with E-state index < -0.39 is 0 Å². The van der Waals surface area contributed by atoms with Gasteiger partial charge in [-0.05, 0) is 37.5 Å². The molecule has 3 heterocycles. The fourth-order valence-corrected chi connectivity index (χ4v) is 5.29. The Labute approximate surface area is 203 Å². The molecule has 5 rings (SSSR count). The summed E-state index contributed by atoms with van der Waals surface area (Å²) in [6, 6.07) is 15.7. The van der Waals surface area contributed by atoms with Crippen LogP contribution >= 0.6 is 11.8 Å². The Hall–Kier alpha value is -3.20. The lowest BCUT2D eigenvalue weighted by molar-refractivity contribution is -0.119. The highest BCUT2D eigenvalue weighted by molar-refractivity contribution is 7.99. The summed E-state index contributed by atoms with van der Waals surface area (Å²) < 4.78 is 13.4. The largest absolute Gasteiger partial charge is 0.495 e. The maximum absolute atomic E-state index is 12.9. The molecule has 8 nitrogen and oxygen atoms in total. The normalized spacial score (nSPS) is 17.6. The Kier molecular flexibility index (Phi) is 6.89. The third kappa shape index (κ3) is 4.70. The first-order chi connectivity index (χ1) is 16.7. The van der Waals surface area contributed by atoms with Gasteiger partial charge in [0, 0.05) is 25.1 Å². The fraction of sp³-hybridized carbons (Fsp3) is 0.400. The van der Waals surface area contributed by atoms with Gasteiger partial charge in [-0.3, -0.25) is 9.36 Å². The second kappa shape index (κ2) is 10.4. The molecule has 0 radical (unpaired) electrons. The summed E-state index contributed by atoms with van der Waals surface area (Å²) in [5.74, 6) is 2.58. The molecule has 34 heavy (non-hydrogen) atoms. The summed E-state index contributed by atoms with van der Waals surface area (Å²) in [4.78, 5) is 15.2. The molecule has 0 spiro atoms. The standard InChI is InChI=1S/C25H29N5O3S/c1-32-22-12-6-4-10-20(22)30-24(29-14-7-2-8-15-29)27-28-25(30)34-17-23(31)26-19-13-16-33-21-11-5-3-9-18(19)21/h3-6,9-12,19H,2,7-8,13-17H2,1H3,(H,26,31). The number of nitrogens with one attached hydrogen (secondary N) is 1. The smallest absolute Gasteiger partial charge is 0.232 e. The minimum atomic E-state index is -0.0472. The fourth-order valence-electron chi connectivity index (χ4n) is 4.54. The minimum absolute atomic E-state index is 0.0409. The molecule has 1 unspecified atom stereocenters. The van der Waals surface area contributed by atoms with Gasteiger partial charge in [0.05, 0.1) is 31.2 Å². The van der Waals surface area contributed by atoms with E-state index >= 15 is 0 Å². The van der Waals surface area contributed by atoms with E-state index in [9.17, 15) is 4.79 Å². The number of carbonyl (C=O) groups excluding carboxylic acids is 1. The monoisotopic (exact) mass is 479 g/mol. The third-order valence-electron chi connectivity index (χ3n) is 6.21. The molecule has 178 valence electrons. The zero-order valence-corrected chi connectivity index (χ0v) is 20.1. The topological polar surface area (TPSA) is 81.5 Å².